The smallest absolute Gasteiger partial charge is 0.265 e. The fraction of sp³-hybridized carbons (Fsp3) is 0.136. The second-order valence-electron chi connectivity index (χ2n) is 7.13. The van der Waals surface area contributed by atoms with Gasteiger partial charge in [-0.3, -0.25) is 4.79 Å². The molecule has 32 heavy (non-hydrogen) atoms. The summed E-state index contributed by atoms with van der Waals surface area (Å²) in [6.45, 7) is -0.341. The minimum atomic E-state index is -3.64. The first-order chi connectivity index (χ1) is 15.4. The SMILES string of the molecule is CN(C)S(=O)(=O)c1ccc2nnn(OCC(=O)Nc3ccccc3-c3ccccc3)c2c1. The lowest BCUT2D eigenvalue weighted by Gasteiger charge is -2.12. The largest absolute Gasteiger partial charge is 0.385 e. The van der Waals surface area contributed by atoms with Crippen molar-refractivity contribution in [1.29, 1.82) is 0 Å². The number of amides is 1. The summed E-state index contributed by atoms with van der Waals surface area (Å²) < 4.78 is 25.9. The third-order valence-corrected chi connectivity index (χ3v) is 6.58. The van der Waals surface area contributed by atoms with E-state index in [-0.39, 0.29) is 11.5 Å². The van der Waals surface area contributed by atoms with Gasteiger partial charge in [0.25, 0.3) is 5.91 Å². The molecule has 0 radical (unpaired) electrons. The minimum Gasteiger partial charge on any atom is -0.385 e. The first-order valence-corrected chi connectivity index (χ1v) is 11.2. The maximum absolute atomic E-state index is 12.5. The van der Waals surface area contributed by atoms with Crippen molar-refractivity contribution in [2.75, 3.05) is 26.0 Å². The second kappa shape index (κ2) is 8.77. The van der Waals surface area contributed by atoms with Crippen LogP contribution in [0.2, 0.25) is 0 Å². The number of nitrogens with zero attached hydrogens (tertiary/aromatic N) is 4. The van der Waals surface area contributed by atoms with Crippen molar-refractivity contribution in [3.8, 4) is 11.1 Å². The first-order valence-electron chi connectivity index (χ1n) is 9.72. The standard InChI is InChI=1S/C22H21N5O4S/c1-26(2)32(29,30)17-12-13-20-21(14-17)27(25-24-20)31-15-22(28)23-19-11-7-6-10-18(19)16-8-4-3-5-9-16/h3-14H,15H2,1-2H3,(H,23,28). The van der Waals surface area contributed by atoms with Crippen molar-refractivity contribution in [3.63, 3.8) is 0 Å². The highest BCUT2D eigenvalue weighted by Crippen LogP contribution is 2.27. The van der Waals surface area contributed by atoms with Crippen LogP contribution in [0.25, 0.3) is 22.2 Å². The third-order valence-electron chi connectivity index (χ3n) is 4.77. The summed E-state index contributed by atoms with van der Waals surface area (Å²) in [7, 11) is -0.741. The summed E-state index contributed by atoms with van der Waals surface area (Å²) in [6.07, 6.45) is 0. The number of nitrogens with one attached hydrogen (secondary N) is 1. The number of aromatic nitrogens is 3. The van der Waals surface area contributed by atoms with Gasteiger partial charge in [-0.05, 0) is 35.0 Å². The van der Waals surface area contributed by atoms with Crippen LogP contribution in [0.3, 0.4) is 0 Å². The zero-order valence-electron chi connectivity index (χ0n) is 17.5. The Morgan fingerprint density at radius 2 is 1.75 bits per heavy atom. The van der Waals surface area contributed by atoms with Gasteiger partial charge in [0.2, 0.25) is 10.0 Å². The number of carbonyl (C=O) groups excluding carboxylic acids is 1. The molecule has 0 aliphatic rings. The maximum atomic E-state index is 12.5. The predicted octanol–water partition coefficient (Wildman–Crippen LogP) is 2.42. The van der Waals surface area contributed by atoms with Gasteiger partial charge in [0.15, 0.2) is 6.61 Å². The molecule has 0 bridgehead atoms. The van der Waals surface area contributed by atoms with E-state index >= 15 is 0 Å². The van der Waals surface area contributed by atoms with E-state index in [9.17, 15) is 13.2 Å². The molecule has 4 rings (SSSR count). The van der Waals surface area contributed by atoms with Crippen molar-refractivity contribution in [3.05, 3.63) is 72.8 Å². The van der Waals surface area contributed by atoms with Crippen LogP contribution in [-0.2, 0) is 14.8 Å². The molecule has 164 valence electrons. The molecule has 1 heterocycles. The van der Waals surface area contributed by atoms with Gasteiger partial charge in [-0.1, -0.05) is 53.4 Å². The Kier molecular flexibility index (Phi) is 5.89. The Hall–Kier alpha value is -3.76. The number of para-hydroxylation sites is 1. The molecule has 3 aromatic carbocycles. The summed E-state index contributed by atoms with van der Waals surface area (Å²) in [5, 5.41) is 10.7. The lowest BCUT2D eigenvalue weighted by Crippen LogP contribution is -2.26. The zero-order chi connectivity index (χ0) is 22.7. The summed E-state index contributed by atoms with van der Waals surface area (Å²) in [5.41, 5.74) is 3.28. The van der Waals surface area contributed by atoms with Crippen molar-refractivity contribution >= 4 is 32.7 Å². The molecule has 1 N–H and O–H groups in total. The normalized spacial score (nSPS) is 11.6. The fourth-order valence-corrected chi connectivity index (χ4v) is 4.03. The van der Waals surface area contributed by atoms with Gasteiger partial charge in [0.1, 0.15) is 11.0 Å². The Labute approximate surface area is 185 Å². The molecule has 1 amide bonds. The molecule has 0 aliphatic carbocycles. The van der Waals surface area contributed by atoms with E-state index in [4.69, 9.17) is 4.84 Å². The van der Waals surface area contributed by atoms with Crippen LogP contribution in [0.4, 0.5) is 5.69 Å². The average Bonchev–Trinajstić information content (AvgIpc) is 3.21. The monoisotopic (exact) mass is 451 g/mol. The lowest BCUT2D eigenvalue weighted by atomic mass is 10.0. The maximum Gasteiger partial charge on any atom is 0.265 e. The molecule has 0 spiro atoms. The number of sulfonamides is 1. The molecule has 0 unspecified atom stereocenters. The molecular weight excluding hydrogens is 430 g/mol. The van der Waals surface area contributed by atoms with E-state index in [0.29, 0.717) is 16.7 Å². The number of hydrogen-bond donors (Lipinski definition) is 1. The highest BCUT2D eigenvalue weighted by atomic mass is 32.2. The van der Waals surface area contributed by atoms with Crippen LogP contribution in [0.1, 0.15) is 0 Å². The number of rotatable bonds is 7. The summed E-state index contributed by atoms with van der Waals surface area (Å²) in [6, 6.07) is 21.6. The van der Waals surface area contributed by atoms with Crippen LogP contribution >= 0.6 is 0 Å². The number of anilines is 1. The molecule has 10 heteroatoms. The molecule has 0 saturated heterocycles. The molecule has 0 saturated carbocycles. The second-order valence-corrected chi connectivity index (χ2v) is 9.29. The summed E-state index contributed by atoms with van der Waals surface area (Å²) in [4.78, 5) is 19.2. The zero-order valence-corrected chi connectivity index (χ0v) is 18.3. The van der Waals surface area contributed by atoms with Crippen LogP contribution in [0, 0.1) is 0 Å². The van der Waals surface area contributed by atoms with E-state index < -0.39 is 15.9 Å². The van der Waals surface area contributed by atoms with Crippen molar-refractivity contribution in [2.24, 2.45) is 0 Å². The minimum absolute atomic E-state index is 0.0726. The van der Waals surface area contributed by atoms with E-state index in [0.717, 1.165) is 20.3 Å². The molecule has 4 aromatic rings. The lowest BCUT2D eigenvalue weighted by molar-refractivity contribution is -0.121. The van der Waals surface area contributed by atoms with Gasteiger partial charge < -0.3 is 10.2 Å². The molecule has 0 fully saturated rings. The van der Waals surface area contributed by atoms with E-state index in [1.807, 2.05) is 54.6 Å². The molecule has 0 atom stereocenters. The van der Waals surface area contributed by atoms with E-state index in [1.54, 1.807) is 0 Å². The van der Waals surface area contributed by atoms with Gasteiger partial charge in [0.05, 0.1) is 4.90 Å². The first kappa shape index (κ1) is 21.5. The molecular formula is C22H21N5O4S. The summed E-state index contributed by atoms with van der Waals surface area (Å²) in [5.74, 6) is -0.394. The highest BCUT2D eigenvalue weighted by Gasteiger charge is 2.19. The molecule has 0 aliphatic heterocycles. The van der Waals surface area contributed by atoms with Crippen molar-refractivity contribution < 1.29 is 18.0 Å². The van der Waals surface area contributed by atoms with Crippen molar-refractivity contribution in [2.45, 2.75) is 4.90 Å². The predicted molar refractivity (Wildman–Crippen MR) is 120 cm³/mol. The molecule has 9 nitrogen and oxygen atoms in total. The van der Waals surface area contributed by atoms with Crippen LogP contribution in [0.5, 0.6) is 0 Å². The number of hydrogen-bond acceptors (Lipinski definition) is 6. The Balaban J connectivity index is 1.51. The van der Waals surface area contributed by atoms with Gasteiger partial charge in [-0.2, -0.15) is 0 Å². The number of benzene rings is 3. The number of fused-ring (bicyclic) bond motifs is 1. The highest BCUT2D eigenvalue weighted by molar-refractivity contribution is 7.89. The topological polar surface area (TPSA) is 106 Å². The average molecular weight is 452 g/mol. The number of carbonyl (C=O) groups is 1. The third kappa shape index (κ3) is 4.32. The Bertz CT molecular complexity index is 1370. The van der Waals surface area contributed by atoms with Gasteiger partial charge >= 0.3 is 0 Å². The van der Waals surface area contributed by atoms with Crippen LogP contribution in [-0.4, -0.2) is 54.5 Å². The van der Waals surface area contributed by atoms with Gasteiger partial charge in [-0.15, -0.1) is 5.10 Å². The molecule has 1 aromatic heterocycles. The van der Waals surface area contributed by atoms with E-state index in [2.05, 4.69) is 15.6 Å². The van der Waals surface area contributed by atoms with Crippen molar-refractivity contribution in [1.82, 2.24) is 19.5 Å². The van der Waals surface area contributed by atoms with Crippen LogP contribution < -0.4 is 10.2 Å². The Morgan fingerprint density at radius 1 is 1.03 bits per heavy atom. The summed E-state index contributed by atoms with van der Waals surface area (Å²) >= 11 is 0. The Morgan fingerprint density at radius 3 is 2.50 bits per heavy atom. The van der Waals surface area contributed by atoms with E-state index in [1.165, 1.54) is 32.3 Å². The van der Waals surface area contributed by atoms with Gasteiger partial charge in [-0.25, -0.2) is 12.7 Å². The van der Waals surface area contributed by atoms with Crippen LogP contribution in [0.15, 0.2) is 77.7 Å². The fourth-order valence-electron chi connectivity index (χ4n) is 3.11. The van der Waals surface area contributed by atoms with Gasteiger partial charge in [0, 0.05) is 25.3 Å². The quantitative estimate of drug-likeness (QED) is 0.463.